The zero-order chi connectivity index (χ0) is 16.8. The first kappa shape index (κ1) is 15.2. The van der Waals surface area contributed by atoms with Gasteiger partial charge in [-0.1, -0.05) is 35.5 Å². The van der Waals surface area contributed by atoms with Gasteiger partial charge in [0, 0.05) is 21.6 Å². The molecular weight excluding hydrogens is 417 g/mol. The molecule has 1 aliphatic heterocycles. The summed E-state index contributed by atoms with van der Waals surface area (Å²) < 4.78 is 2.85. The van der Waals surface area contributed by atoms with E-state index < -0.39 is 0 Å². The van der Waals surface area contributed by atoms with E-state index in [1.807, 2.05) is 49.5 Å². The number of aromatic hydroxyl groups is 1. The maximum Gasteiger partial charge on any atom is 0.201 e. The molecule has 0 saturated heterocycles. The Labute approximate surface area is 152 Å². The largest absolute Gasteiger partial charge is 0.494 e. The maximum absolute atomic E-state index is 10.8. The van der Waals surface area contributed by atoms with Crippen LogP contribution in [0, 0.1) is 3.57 Å². The van der Waals surface area contributed by atoms with E-state index in [9.17, 15) is 5.11 Å². The zero-order valence-corrected chi connectivity index (χ0v) is 15.3. The lowest BCUT2D eigenvalue weighted by atomic mass is 10.0. The Morgan fingerprint density at radius 1 is 1.17 bits per heavy atom. The zero-order valence-electron chi connectivity index (χ0n) is 13.1. The molecule has 6 heteroatoms. The van der Waals surface area contributed by atoms with Crippen LogP contribution >= 0.6 is 22.6 Å². The van der Waals surface area contributed by atoms with E-state index in [4.69, 9.17) is 9.83 Å². The van der Waals surface area contributed by atoms with E-state index in [1.54, 1.807) is 4.57 Å². The number of benzene rings is 2. The molecule has 0 amide bonds. The molecule has 5 nitrogen and oxygen atoms in total. The third-order valence-corrected chi connectivity index (χ3v) is 5.04. The first-order valence-electron chi connectivity index (χ1n) is 7.39. The molecule has 120 valence electrons. The molecule has 0 bridgehead atoms. The van der Waals surface area contributed by atoms with E-state index in [2.05, 4.69) is 27.7 Å². The monoisotopic (exact) mass is 431 g/mol. The van der Waals surface area contributed by atoms with Crippen molar-refractivity contribution < 1.29 is 9.94 Å². The van der Waals surface area contributed by atoms with Crippen molar-refractivity contribution in [1.82, 2.24) is 4.57 Å². The second kappa shape index (κ2) is 5.62. The van der Waals surface area contributed by atoms with Gasteiger partial charge in [0.15, 0.2) is 0 Å². The van der Waals surface area contributed by atoms with Gasteiger partial charge in [0.05, 0.1) is 16.8 Å². The average molecular weight is 431 g/mol. The quantitative estimate of drug-likeness (QED) is 0.493. The summed E-state index contributed by atoms with van der Waals surface area (Å²) in [6.07, 6.45) is 0. The number of nitrogens with zero attached hydrogens (tertiary/aromatic N) is 3. The SMILES string of the molecule is CON=C1C(c2c(O)n(C)c3c(I)cccc23)=Nc2ccccc21. The summed E-state index contributed by atoms with van der Waals surface area (Å²) in [6.45, 7) is 0. The lowest BCUT2D eigenvalue weighted by molar-refractivity contribution is 0.214. The molecule has 0 fully saturated rings. The van der Waals surface area contributed by atoms with Gasteiger partial charge < -0.3 is 14.5 Å². The maximum atomic E-state index is 10.8. The number of hydrogen-bond acceptors (Lipinski definition) is 4. The lowest BCUT2D eigenvalue weighted by Gasteiger charge is -2.03. The van der Waals surface area contributed by atoms with Crippen LogP contribution in [-0.2, 0) is 11.9 Å². The van der Waals surface area contributed by atoms with Crippen molar-refractivity contribution in [2.75, 3.05) is 7.11 Å². The van der Waals surface area contributed by atoms with Crippen molar-refractivity contribution in [3.8, 4) is 5.88 Å². The molecule has 3 aromatic rings. The highest BCUT2D eigenvalue weighted by atomic mass is 127. The van der Waals surface area contributed by atoms with E-state index >= 15 is 0 Å². The van der Waals surface area contributed by atoms with Gasteiger partial charge in [0.2, 0.25) is 5.88 Å². The molecule has 24 heavy (non-hydrogen) atoms. The molecule has 0 atom stereocenters. The second-order valence-corrected chi connectivity index (χ2v) is 6.66. The number of fused-ring (bicyclic) bond motifs is 2. The summed E-state index contributed by atoms with van der Waals surface area (Å²) in [4.78, 5) is 9.74. The van der Waals surface area contributed by atoms with Crippen LogP contribution in [0.1, 0.15) is 11.1 Å². The Kier molecular flexibility index (Phi) is 3.56. The molecule has 4 rings (SSSR count). The van der Waals surface area contributed by atoms with Crippen LogP contribution in [0.3, 0.4) is 0 Å². The first-order chi connectivity index (χ1) is 11.6. The number of aryl methyl sites for hydroxylation is 1. The molecular formula is C18H14IN3O2. The Hall–Kier alpha value is -2.35. The number of oxime groups is 1. The van der Waals surface area contributed by atoms with Gasteiger partial charge in [-0.05, 0) is 34.7 Å². The third-order valence-electron chi connectivity index (χ3n) is 4.17. The summed E-state index contributed by atoms with van der Waals surface area (Å²) in [5.74, 6) is 0.171. The van der Waals surface area contributed by atoms with Crippen molar-refractivity contribution in [1.29, 1.82) is 0 Å². The van der Waals surface area contributed by atoms with Gasteiger partial charge in [-0.25, -0.2) is 4.99 Å². The van der Waals surface area contributed by atoms with Gasteiger partial charge in [-0.15, -0.1) is 0 Å². The topological polar surface area (TPSA) is 59.1 Å². The van der Waals surface area contributed by atoms with Gasteiger partial charge in [0.1, 0.15) is 18.5 Å². The molecule has 0 radical (unpaired) electrons. The molecule has 1 N–H and O–H groups in total. The van der Waals surface area contributed by atoms with Crippen LogP contribution in [0.2, 0.25) is 0 Å². The fourth-order valence-corrected chi connectivity index (χ4v) is 3.98. The van der Waals surface area contributed by atoms with Crippen LogP contribution in [0.15, 0.2) is 52.6 Å². The highest BCUT2D eigenvalue weighted by molar-refractivity contribution is 14.1. The predicted octanol–water partition coefficient (Wildman–Crippen LogP) is 3.97. The number of hydrogen-bond donors (Lipinski definition) is 1. The highest BCUT2D eigenvalue weighted by Crippen LogP contribution is 2.38. The third kappa shape index (κ3) is 2.06. The Bertz CT molecular complexity index is 1030. The van der Waals surface area contributed by atoms with E-state index in [1.165, 1.54) is 7.11 Å². The standard InChI is InChI=1S/C18H14IN3O2/c1-22-17-11(7-5-8-12(17)19)14(18(22)23)16-15(21-24-2)10-6-3-4-9-13(10)20-16/h3-9,23H,1-2H3. The Balaban J connectivity index is 2.04. The Morgan fingerprint density at radius 3 is 2.75 bits per heavy atom. The minimum absolute atomic E-state index is 0.171. The van der Waals surface area contributed by atoms with Crippen molar-refractivity contribution in [3.05, 3.63) is 57.2 Å². The minimum atomic E-state index is 0.171. The highest BCUT2D eigenvalue weighted by Gasteiger charge is 2.30. The predicted molar refractivity (Wildman–Crippen MR) is 103 cm³/mol. The van der Waals surface area contributed by atoms with E-state index in [0.717, 1.165) is 25.7 Å². The van der Waals surface area contributed by atoms with Crippen molar-refractivity contribution in [2.45, 2.75) is 0 Å². The molecule has 0 aliphatic carbocycles. The number of para-hydroxylation sites is 2. The van der Waals surface area contributed by atoms with Gasteiger partial charge in [0.25, 0.3) is 0 Å². The van der Waals surface area contributed by atoms with Crippen molar-refractivity contribution >= 4 is 50.6 Å². The number of aromatic nitrogens is 1. The average Bonchev–Trinajstić information content (AvgIpc) is 3.05. The summed E-state index contributed by atoms with van der Waals surface area (Å²) in [5.41, 5.74) is 4.64. The van der Waals surface area contributed by atoms with Gasteiger partial charge in [-0.3, -0.25) is 0 Å². The van der Waals surface area contributed by atoms with Crippen molar-refractivity contribution in [2.24, 2.45) is 17.2 Å². The first-order valence-corrected chi connectivity index (χ1v) is 8.47. The fraction of sp³-hybridized carbons (Fsp3) is 0.111. The molecule has 0 saturated carbocycles. The summed E-state index contributed by atoms with van der Waals surface area (Å²) in [5, 5.41) is 15.9. The fourth-order valence-electron chi connectivity index (χ4n) is 3.12. The summed E-state index contributed by atoms with van der Waals surface area (Å²) in [6, 6.07) is 13.7. The van der Waals surface area contributed by atoms with Crippen LogP contribution in [0.25, 0.3) is 10.9 Å². The number of rotatable bonds is 2. The molecule has 2 heterocycles. The number of aliphatic imine (C=N–C) groups is 1. The van der Waals surface area contributed by atoms with Crippen LogP contribution < -0.4 is 0 Å². The smallest absolute Gasteiger partial charge is 0.201 e. The number of halogens is 1. The summed E-state index contributed by atoms with van der Waals surface area (Å²) in [7, 11) is 3.36. The normalized spacial score (nSPS) is 15.0. The van der Waals surface area contributed by atoms with Gasteiger partial charge >= 0.3 is 0 Å². The second-order valence-electron chi connectivity index (χ2n) is 5.49. The van der Waals surface area contributed by atoms with Crippen LogP contribution in [0.5, 0.6) is 5.88 Å². The molecule has 1 aliphatic rings. The minimum Gasteiger partial charge on any atom is -0.494 e. The van der Waals surface area contributed by atoms with E-state index in [0.29, 0.717) is 17.0 Å². The molecule has 0 spiro atoms. The van der Waals surface area contributed by atoms with Crippen LogP contribution in [-0.4, -0.2) is 28.2 Å². The van der Waals surface area contributed by atoms with Gasteiger partial charge in [-0.2, -0.15) is 0 Å². The van der Waals surface area contributed by atoms with Crippen molar-refractivity contribution in [3.63, 3.8) is 0 Å². The molecule has 1 aromatic heterocycles. The Morgan fingerprint density at radius 2 is 1.96 bits per heavy atom. The van der Waals surface area contributed by atoms with Crippen LogP contribution in [0.4, 0.5) is 5.69 Å². The molecule has 2 aromatic carbocycles. The summed E-state index contributed by atoms with van der Waals surface area (Å²) >= 11 is 2.27. The van der Waals surface area contributed by atoms with E-state index in [-0.39, 0.29) is 5.88 Å². The molecule has 0 unspecified atom stereocenters. The lowest BCUT2D eigenvalue weighted by Crippen LogP contribution is -2.13.